The Kier molecular flexibility index (Phi) is 12.1. The van der Waals surface area contributed by atoms with E-state index >= 15 is 0 Å². The van der Waals surface area contributed by atoms with Gasteiger partial charge < -0.3 is 0 Å². The minimum absolute atomic E-state index is 0.554. The summed E-state index contributed by atoms with van der Waals surface area (Å²) in [5, 5.41) is 0.554. The normalized spacial score (nSPS) is 19.7. The molecule has 0 nitrogen and oxygen atoms in total. The molecule has 0 saturated heterocycles. The Morgan fingerprint density at radius 1 is 1.12 bits per heavy atom. The van der Waals surface area contributed by atoms with Crippen molar-refractivity contribution in [3.05, 3.63) is 24.3 Å². The van der Waals surface area contributed by atoms with Gasteiger partial charge in [-0.3, -0.25) is 0 Å². The van der Waals surface area contributed by atoms with Gasteiger partial charge in [-0.15, -0.1) is 0 Å². The second-order valence-electron chi connectivity index (χ2n) is 8.66. The van der Waals surface area contributed by atoms with Crippen LogP contribution in [0, 0.1) is 23.7 Å². The third-order valence-electron chi connectivity index (χ3n) is 6.12. The van der Waals surface area contributed by atoms with Crippen LogP contribution in [0.4, 0.5) is 0 Å². The molecule has 4 unspecified atom stereocenters. The first-order valence-corrected chi connectivity index (χ1v) is 12.5. The van der Waals surface area contributed by atoms with E-state index in [1.165, 1.54) is 66.9 Å². The van der Waals surface area contributed by atoms with Gasteiger partial charge in [0, 0.05) is 9.68 Å². The van der Waals surface area contributed by atoms with Crippen molar-refractivity contribution in [1.29, 1.82) is 0 Å². The zero-order chi connectivity index (χ0) is 18.8. The maximum atomic E-state index is 4.85. The molecule has 0 radical (unpaired) electrons. The van der Waals surface area contributed by atoms with E-state index in [0.717, 1.165) is 30.6 Å². The van der Waals surface area contributed by atoms with E-state index in [9.17, 15) is 0 Å². The molecule has 0 N–H and O–H groups in total. The van der Waals surface area contributed by atoms with Crippen molar-refractivity contribution in [1.82, 2.24) is 0 Å². The minimum atomic E-state index is 0.554. The Morgan fingerprint density at radius 3 is 2.28 bits per heavy atom. The molecular formula is C23H41IS. The average Bonchev–Trinajstić information content (AvgIpc) is 2.53. The van der Waals surface area contributed by atoms with E-state index < -0.39 is 0 Å². The lowest BCUT2D eigenvalue weighted by Gasteiger charge is -2.31. The molecule has 1 aliphatic carbocycles. The molecule has 0 aromatic carbocycles. The summed E-state index contributed by atoms with van der Waals surface area (Å²) in [5.74, 6) is 3.19. The quantitative estimate of drug-likeness (QED) is 0.111. The van der Waals surface area contributed by atoms with E-state index in [0.29, 0.717) is 11.2 Å². The van der Waals surface area contributed by atoms with Crippen LogP contribution < -0.4 is 0 Å². The van der Waals surface area contributed by atoms with Crippen LogP contribution in [-0.4, -0.2) is 9.68 Å². The summed E-state index contributed by atoms with van der Waals surface area (Å²) in [6.45, 7) is 15.8. The van der Waals surface area contributed by atoms with Gasteiger partial charge in [-0.2, -0.15) is 12.6 Å². The zero-order valence-corrected chi connectivity index (χ0v) is 20.0. The van der Waals surface area contributed by atoms with Gasteiger partial charge in [0.15, 0.2) is 0 Å². The molecule has 0 aliphatic heterocycles. The summed E-state index contributed by atoms with van der Waals surface area (Å²) in [6, 6.07) is 0. The second kappa shape index (κ2) is 12.9. The van der Waals surface area contributed by atoms with Crippen molar-refractivity contribution >= 4 is 35.2 Å². The lowest BCUT2D eigenvalue weighted by molar-refractivity contribution is 0.252. The van der Waals surface area contributed by atoms with E-state index in [1.54, 1.807) is 0 Å². The molecule has 0 amide bonds. The molecule has 0 spiro atoms. The van der Waals surface area contributed by atoms with Crippen molar-refractivity contribution in [2.24, 2.45) is 23.7 Å². The van der Waals surface area contributed by atoms with Crippen LogP contribution in [0.2, 0.25) is 0 Å². The summed E-state index contributed by atoms with van der Waals surface area (Å²) in [7, 11) is 0. The van der Waals surface area contributed by atoms with Crippen LogP contribution in [0.5, 0.6) is 0 Å². The van der Waals surface area contributed by atoms with Gasteiger partial charge in [-0.25, -0.2) is 0 Å². The zero-order valence-electron chi connectivity index (χ0n) is 16.9. The fourth-order valence-electron chi connectivity index (χ4n) is 4.17. The third-order valence-corrected chi connectivity index (χ3v) is 7.97. The van der Waals surface area contributed by atoms with Crippen molar-refractivity contribution in [3.8, 4) is 0 Å². The van der Waals surface area contributed by atoms with Crippen LogP contribution in [0.15, 0.2) is 24.3 Å². The highest BCUT2D eigenvalue weighted by atomic mass is 127. The highest BCUT2D eigenvalue weighted by Crippen LogP contribution is 2.35. The Bertz CT molecular complexity index is 399. The van der Waals surface area contributed by atoms with Crippen LogP contribution in [0.1, 0.15) is 85.0 Å². The summed E-state index contributed by atoms with van der Waals surface area (Å²) < 4.78 is 1.24. The number of allylic oxidation sites excluding steroid dienone is 2. The van der Waals surface area contributed by atoms with Gasteiger partial charge in [0.1, 0.15) is 0 Å². The minimum Gasteiger partial charge on any atom is -0.176 e. The number of hydrogen-bond acceptors (Lipinski definition) is 1. The number of hydrogen-bond donors (Lipinski definition) is 1. The SMILES string of the molecule is C=C(CCC(=C)CC(C)C(CC(S)CCC)C(C)CI)CC1CCC1. The van der Waals surface area contributed by atoms with Gasteiger partial charge in [-0.05, 0) is 62.2 Å². The van der Waals surface area contributed by atoms with Crippen molar-refractivity contribution in [2.45, 2.75) is 90.2 Å². The molecule has 1 saturated carbocycles. The molecule has 0 bridgehead atoms. The Hall–Kier alpha value is 0.560. The van der Waals surface area contributed by atoms with Crippen LogP contribution >= 0.6 is 35.2 Å². The summed E-state index contributed by atoms with van der Waals surface area (Å²) in [5.41, 5.74) is 2.88. The van der Waals surface area contributed by atoms with Gasteiger partial charge in [-0.1, -0.05) is 93.3 Å². The predicted octanol–water partition coefficient (Wildman–Crippen LogP) is 8.27. The first-order valence-electron chi connectivity index (χ1n) is 10.4. The standard InChI is InChI=1S/C23H41IS/c1-6-8-22(25)15-23(20(5)16-24)19(4)13-17(2)11-12-18(3)14-21-9-7-10-21/h19-23,25H,2-3,6-16H2,1,4-5H3. The monoisotopic (exact) mass is 476 g/mol. The lowest BCUT2D eigenvalue weighted by Crippen LogP contribution is -2.24. The fourth-order valence-corrected chi connectivity index (χ4v) is 5.33. The average molecular weight is 477 g/mol. The highest BCUT2D eigenvalue weighted by Gasteiger charge is 2.25. The fraction of sp³-hybridized carbons (Fsp3) is 0.826. The highest BCUT2D eigenvalue weighted by molar-refractivity contribution is 14.1. The Morgan fingerprint density at radius 2 is 1.76 bits per heavy atom. The van der Waals surface area contributed by atoms with E-state index in [1.807, 2.05) is 0 Å². The van der Waals surface area contributed by atoms with Gasteiger partial charge in [0.05, 0.1) is 0 Å². The van der Waals surface area contributed by atoms with E-state index in [2.05, 4.69) is 56.5 Å². The lowest BCUT2D eigenvalue weighted by atomic mass is 9.77. The first kappa shape index (κ1) is 23.6. The summed E-state index contributed by atoms with van der Waals surface area (Å²) >= 11 is 7.40. The molecular weight excluding hydrogens is 435 g/mol. The van der Waals surface area contributed by atoms with Crippen LogP contribution in [0.3, 0.4) is 0 Å². The van der Waals surface area contributed by atoms with Crippen LogP contribution in [-0.2, 0) is 0 Å². The molecule has 25 heavy (non-hydrogen) atoms. The molecule has 0 heterocycles. The molecule has 146 valence electrons. The van der Waals surface area contributed by atoms with Crippen molar-refractivity contribution in [3.63, 3.8) is 0 Å². The topological polar surface area (TPSA) is 0 Å². The largest absolute Gasteiger partial charge is 0.176 e. The summed E-state index contributed by atoms with van der Waals surface area (Å²) in [4.78, 5) is 0. The molecule has 4 atom stereocenters. The van der Waals surface area contributed by atoms with Crippen LogP contribution in [0.25, 0.3) is 0 Å². The molecule has 1 aliphatic rings. The molecule has 0 aromatic heterocycles. The Labute approximate surface area is 177 Å². The predicted molar refractivity (Wildman–Crippen MR) is 127 cm³/mol. The van der Waals surface area contributed by atoms with Crippen molar-refractivity contribution < 1.29 is 0 Å². The Balaban J connectivity index is 2.40. The summed E-state index contributed by atoms with van der Waals surface area (Å²) in [6.07, 6.45) is 12.7. The molecule has 2 heteroatoms. The maximum absolute atomic E-state index is 4.85. The number of thiol groups is 1. The third kappa shape index (κ3) is 9.35. The van der Waals surface area contributed by atoms with Gasteiger partial charge in [0.25, 0.3) is 0 Å². The molecule has 0 aromatic rings. The van der Waals surface area contributed by atoms with Crippen molar-refractivity contribution in [2.75, 3.05) is 4.43 Å². The van der Waals surface area contributed by atoms with Gasteiger partial charge >= 0.3 is 0 Å². The molecule has 1 fully saturated rings. The smallest absolute Gasteiger partial charge is 0.00238 e. The van der Waals surface area contributed by atoms with E-state index in [-0.39, 0.29) is 0 Å². The van der Waals surface area contributed by atoms with Gasteiger partial charge in [0.2, 0.25) is 0 Å². The first-order chi connectivity index (χ1) is 11.9. The van der Waals surface area contributed by atoms with E-state index in [4.69, 9.17) is 12.6 Å². The molecule has 1 rings (SSSR count). The number of alkyl halides is 1. The second-order valence-corrected chi connectivity index (χ2v) is 10.3. The number of halogens is 1. The maximum Gasteiger partial charge on any atom is 0.00238 e. The number of rotatable bonds is 14.